The Kier molecular flexibility index (Phi) is 4.68. The lowest BCUT2D eigenvalue weighted by atomic mass is 10.0. The van der Waals surface area contributed by atoms with Gasteiger partial charge in [0.05, 0.1) is 6.61 Å². The number of hydrogen-bond donors (Lipinski definition) is 2. The van der Waals surface area contributed by atoms with Gasteiger partial charge in [-0.2, -0.15) is 0 Å². The van der Waals surface area contributed by atoms with Crippen molar-refractivity contribution in [2.75, 3.05) is 18.9 Å². The molecule has 20 heavy (non-hydrogen) atoms. The first-order valence-electron chi connectivity index (χ1n) is 6.16. The highest BCUT2D eigenvalue weighted by Gasteiger charge is 2.28. The zero-order chi connectivity index (χ0) is 14.9. The van der Waals surface area contributed by atoms with Gasteiger partial charge in [0.15, 0.2) is 0 Å². The molecule has 112 valence electrons. The standard InChI is InChI=1S/C12H16BrFN2O3S/c1-7(8-2-3-19-6-8)16-20(17,18)12-5-11(15)9(13)4-10(12)14/h4-5,7-8,16H,2-3,6,15H2,1H3. The van der Waals surface area contributed by atoms with Gasteiger partial charge in [-0.05, 0) is 41.4 Å². The Balaban J connectivity index is 2.24. The summed E-state index contributed by atoms with van der Waals surface area (Å²) in [5.41, 5.74) is 5.78. The maximum atomic E-state index is 13.8. The fourth-order valence-corrected chi connectivity index (χ4v) is 3.82. The Morgan fingerprint density at radius 2 is 2.25 bits per heavy atom. The molecule has 0 amide bonds. The van der Waals surface area contributed by atoms with Crippen molar-refractivity contribution in [3.05, 3.63) is 22.4 Å². The summed E-state index contributed by atoms with van der Waals surface area (Å²) in [6.45, 7) is 2.88. The van der Waals surface area contributed by atoms with Gasteiger partial charge >= 0.3 is 0 Å². The number of sulfonamides is 1. The van der Waals surface area contributed by atoms with E-state index in [2.05, 4.69) is 20.7 Å². The molecular weight excluding hydrogens is 351 g/mol. The van der Waals surface area contributed by atoms with Crippen LogP contribution < -0.4 is 10.5 Å². The number of hydrogen-bond acceptors (Lipinski definition) is 4. The molecule has 1 heterocycles. The lowest BCUT2D eigenvalue weighted by Crippen LogP contribution is -2.38. The van der Waals surface area contributed by atoms with Crippen LogP contribution in [0.15, 0.2) is 21.5 Å². The summed E-state index contributed by atoms with van der Waals surface area (Å²) in [5, 5.41) is 0. The van der Waals surface area contributed by atoms with E-state index in [1.165, 1.54) is 0 Å². The van der Waals surface area contributed by atoms with Crippen LogP contribution in [0.25, 0.3) is 0 Å². The van der Waals surface area contributed by atoms with Crippen molar-refractivity contribution in [1.29, 1.82) is 0 Å². The van der Waals surface area contributed by atoms with Crippen LogP contribution >= 0.6 is 15.9 Å². The van der Waals surface area contributed by atoms with Crippen molar-refractivity contribution in [1.82, 2.24) is 4.72 Å². The van der Waals surface area contributed by atoms with Gasteiger partial charge in [0, 0.05) is 28.7 Å². The molecule has 1 aliphatic rings. The highest BCUT2D eigenvalue weighted by atomic mass is 79.9. The summed E-state index contributed by atoms with van der Waals surface area (Å²) in [5.74, 6) is -0.742. The van der Waals surface area contributed by atoms with Gasteiger partial charge in [-0.1, -0.05) is 0 Å². The Bertz CT molecular complexity index is 603. The maximum Gasteiger partial charge on any atom is 0.243 e. The Hall–Kier alpha value is -0.700. The minimum absolute atomic E-state index is 0.0978. The normalized spacial score (nSPS) is 21.1. The van der Waals surface area contributed by atoms with E-state index in [4.69, 9.17) is 10.5 Å². The van der Waals surface area contributed by atoms with Gasteiger partial charge < -0.3 is 10.5 Å². The number of ether oxygens (including phenoxy) is 1. The van der Waals surface area contributed by atoms with Gasteiger partial charge in [-0.25, -0.2) is 17.5 Å². The lowest BCUT2D eigenvalue weighted by Gasteiger charge is -2.19. The fraction of sp³-hybridized carbons (Fsp3) is 0.500. The van der Waals surface area contributed by atoms with Crippen molar-refractivity contribution in [3.63, 3.8) is 0 Å². The average molecular weight is 367 g/mol. The molecular formula is C12H16BrFN2O3S. The number of anilines is 1. The number of benzene rings is 1. The van der Waals surface area contributed by atoms with Crippen LogP contribution in [0.5, 0.6) is 0 Å². The van der Waals surface area contributed by atoms with Crippen LogP contribution in [0.1, 0.15) is 13.3 Å². The molecule has 5 nitrogen and oxygen atoms in total. The van der Waals surface area contributed by atoms with Crippen LogP contribution in [0.3, 0.4) is 0 Å². The molecule has 2 unspecified atom stereocenters. The van der Waals surface area contributed by atoms with E-state index in [0.717, 1.165) is 18.6 Å². The zero-order valence-corrected chi connectivity index (χ0v) is 13.3. The second kappa shape index (κ2) is 5.97. The molecule has 0 saturated carbocycles. The quantitative estimate of drug-likeness (QED) is 0.797. The van der Waals surface area contributed by atoms with Crippen LogP contribution in [0.2, 0.25) is 0 Å². The monoisotopic (exact) mass is 366 g/mol. The molecule has 1 aromatic carbocycles. The van der Waals surface area contributed by atoms with E-state index in [-0.39, 0.29) is 17.6 Å². The summed E-state index contributed by atoms with van der Waals surface area (Å²) >= 11 is 3.05. The van der Waals surface area contributed by atoms with Crippen molar-refractivity contribution in [3.8, 4) is 0 Å². The van der Waals surface area contributed by atoms with Crippen molar-refractivity contribution < 1.29 is 17.5 Å². The van der Waals surface area contributed by atoms with Crippen LogP contribution in [0.4, 0.5) is 10.1 Å². The van der Waals surface area contributed by atoms with Gasteiger partial charge in [0.25, 0.3) is 0 Å². The first-order valence-corrected chi connectivity index (χ1v) is 8.43. The van der Waals surface area contributed by atoms with Crippen molar-refractivity contribution >= 4 is 31.6 Å². The highest BCUT2D eigenvalue weighted by Crippen LogP contribution is 2.27. The summed E-state index contributed by atoms with van der Waals surface area (Å²) in [4.78, 5) is -0.441. The zero-order valence-electron chi connectivity index (χ0n) is 10.9. The third kappa shape index (κ3) is 3.30. The molecule has 3 N–H and O–H groups in total. The molecule has 0 radical (unpaired) electrons. The smallest absolute Gasteiger partial charge is 0.243 e. The molecule has 8 heteroatoms. The van der Waals surface area contributed by atoms with E-state index in [0.29, 0.717) is 17.7 Å². The molecule has 2 atom stereocenters. The number of nitrogens with two attached hydrogens (primary N) is 1. The first-order chi connectivity index (χ1) is 9.31. The predicted molar refractivity (Wildman–Crippen MR) is 77.2 cm³/mol. The highest BCUT2D eigenvalue weighted by molar-refractivity contribution is 9.10. The third-order valence-electron chi connectivity index (χ3n) is 3.35. The SMILES string of the molecule is CC(NS(=O)(=O)c1cc(N)c(Br)cc1F)C1CCOC1. The van der Waals surface area contributed by atoms with Gasteiger partial charge in [-0.3, -0.25) is 0 Å². The molecule has 1 fully saturated rings. The molecule has 1 aromatic rings. The van der Waals surface area contributed by atoms with E-state index in [9.17, 15) is 12.8 Å². The fourth-order valence-electron chi connectivity index (χ4n) is 2.10. The predicted octanol–water partition coefficient (Wildman–Crippen LogP) is 1.87. The summed E-state index contributed by atoms with van der Waals surface area (Å²) in [6.07, 6.45) is 0.786. The second-order valence-electron chi connectivity index (χ2n) is 4.84. The maximum absolute atomic E-state index is 13.8. The minimum atomic E-state index is -3.95. The Labute approximate surface area is 125 Å². The van der Waals surface area contributed by atoms with Crippen molar-refractivity contribution in [2.24, 2.45) is 5.92 Å². The lowest BCUT2D eigenvalue weighted by molar-refractivity contribution is 0.180. The van der Waals surface area contributed by atoms with Crippen LogP contribution in [-0.2, 0) is 14.8 Å². The summed E-state index contributed by atoms with van der Waals surface area (Å²) in [7, 11) is -3.95. The van der Waals surface area contributed by atoms with Gasteiger partial charge in [0.1, 0.15) is 10.7 Å². The van der Waals surface area contributed by atoms with Crippen molar-refractivity contribution in [2.45, 2.75) is 24.3 Å². The van der Waals surface area contributed by atoms with E-state index < -0.39 is 20.7 Å². The molecule has 2 rings (SSSR count). The topological polar surface area (TPSA) is 81.4 Å². The second-order valence-corrected chi connectivity index (χ2v) is 7.37. The number of nitrogens with one attached hydrogen (secondary N) is 1. The third-order valence-corrected chi connectivity index (χ3v) is 5.61. The van der Waals surface area contributed by atoms with Gasteiger partial charge in [-0.15, -0.1) is 0 Å². The number of halogens is 2. The Morgan fingerprint density at radius 3 is 2.85 bits per heavy atom. The molecule has 0 aliphatic carbocycles. The summed E-state index contributed by atoms with van der Waals surface area (Å²) < 4.78 is 46.3. The van der Waals surface area contributed by atoms with Crippen LogP contribution in [-0.4, -0.2) is 27.7 Å². The summed E-state index contributed by atoms with van der Waals surface area (Å²) in [6, 6.07) is 1.83. The number of nitrogen functional groups attached to an aromatic ring is 1. The first kappa shape index (κ1) is 15.7. The van der Waals surface area contributed by atoms with E-state index >= 15 is 0 Å². The van der Waals surface area contributed by atoms with E-state index in [1.807, 2.05) is 0 Å². The molecule has 0 bridgehead atoms. The van der Waals surface area contributed by atoms with Crippen LogP contribution in [0, 0.1) is 11.7 Å². The molecule has 0 spiro atoms. The Morgan fingerprint density at radius 1 is 1.55 bits per heavy atom. The molecule has 0 aromatic heterocycles. The van der Waals surface area contributed by atoms with Gasteiger partial charge in [0.2, 0.25) is 10.0 Å². The number of rotatable bonds is 4. The minimum Gasteiger partial charge on any atom is -0.398 e. The molecule has 1 aliphatic heterocycles. The van der Waals surface area contributed by atoms with E-state index in [1.54, 1.807) is 6.92 Å². The molecule has 1 saturated heterocycles. The largest absolute Gasteiger partial charge is 0.398 e. The average Bonchev–Trinajstić information content (AvgIpc) is 2.86.